The maximum absolute atomic E-state index is 11.5. The summed E-state index contributed by atoms with van der Waals surface area (Å²) in [5.74, 6) is 0.106. The maximum Gasteiger partial charge on any atom is 0.232 e. The molecule has 15 heavy (non-hydrogen) atoms. The van der Waals surface area contributed by atoms with Gasteiger partial charge in [0, 0.05) is 0 Å². The lowest BCUT2D eigenvalue weighted by atomic mass is 10.3. The van der Waals surface area contributed by atoms with Crippen LogP contribution in [0.3, 0.4) is 0 Å². The Kier molecular flexibility index (Phi) is 3.93. The Bertz CT molecular complexity index is 445. The molecule has 0 spiro atoms. The van der Waals surface area contributed by atoms with Crippen LogP contribution < -0.4 is 4.72 Å². The van der Waals surface area contributed by atoms with Crippen LogP contribution in [0, 0.1) is 6.92 Å². The highest BCUT2D eigenvalue weighted by Gasteiger charge is 2.10. The van der Waals surface area contributed by atoms with E-state index in [0.717, 1.165) is 5.56 Å². The van der Waals surface area contributed by atoms with Crippen molar-refractivity contribution in [2.45, 2.75) is 20.3 Å². The van der Waals surface area contributed by atoms with E-state index >= 15 is 0 Å². The van der Waals surface area contributed by atoms with E-state index < -0.39 is 10.0 Å². The molecule has 0 aromatic carbocycles. The predicted octanol–water partition coefficient (Wildman–Crippen LogP) is 2.20. The molecule has 0 aliphatic rings. The quantitative estimate of drug-likeness (QED) is 0.831. The van der Waals surface area contributed by atoms with Gasteiger partial charge in [0.05, 0.1) is 17.6 Å². The lowest BCUT2D eigenvalue weighted by Gasteiger charge is -2.09. The molecule has 0 amide bonds. The summed E-state index contributed by atoms with van der Waals surface area (Å²) in [6.45, 7) is 3.59. The molecule has 0 unspecified atom stereocenters. The fourth-order valence-corrected chi connectivity index (χ4v) is 2.52. The second kappa shape index (κ2) is 4.81. The zero-order valence-corrected chi connectivity index (χ0v) is 10.2. The normalized spacial score (nSPS) is 11.4. The molecule has 1 rings (SSSR count). The van der Waals surface area contributed by atoms with Gasteiger partial charge < -0.3 is 0 Å². The number of pyridine rings is 1. The molecule has 0 fully saturated rings. The van der Waals surface area contributed by atoms with Crippen molar-refractivity contribution in [2.75, 3.05) is 10.5 Å². The standard InChI is InChI=1S/C9H13ClN2O2S/c1-3-4-15(13,14)12-8-6-11-9(10)5-7(8)2/h5-6,12H,3-4H2,1-2H3. The molecule has 84 valence electrons. The number of halogens is 1. The fourth-order valence-electron chi connectivity index (χ4n) is 1.12. The molecule has 1 N–H and O–H groups in total. The summed E-state index contributed by atoms with van der Waals surface area (Å²) >= 11 is 5.66. The first-order chi connectivity index (χ1) is 6.94. The largest absolute Gasteiger partial charge is 0.282 e. The zero-order valence-electron chi connectivity index (χ0n) is 8.62. The van der Waals surface area contributed by atoms with E-state index in [0.29, 0.717) is 17.3 Å². The first-order valence-corrected chi connectivity index (χ1v) is 6.60. The van der Waals surface area contributed by atoms with Crippen LogP contribution >= 0.6 is 11.6 Å². The topological polar surface area (TPSA) is 59.1 Å². The van der Waals surface area contributed by atoms with Crippen LogP contribution in [0.25, 0.3) is 0 Å². The Hall–Kier alpha value is -0.810. The van der Waals surface area contributed by atoms with Crippen LogP contribution in [-0.2, 0) is 10.0 Å². The summed E-state index contributed by atoms with van der Waals surface area (Å²) in [6.07, 6.45) is 2.00. The SMILES string of the molecule is CCCS(=O)(=O)Nc1cnc(Cl)cc1C. The summed E-state index contributed by atoms with van der Waals surface area (Å²) in [6, 6.07) is 1.62. The van der Waals surface area contributed by atoms with Crippen molar-refractivity contribution in [1.82, 2.24) is 4.98 Å². The van der Waals surface area contributed by atoms with Gasteiger partial charge in [-0.05, 0) is 25.0 Å². The highest BCUT2D eigenvalue weighted by molar-refractivity contribution is 7.92. The molecule has 4 nitrogen and oxygen atoms in total. The van der Waals surface area contributed by atoms with Gasteiger partial charge in [0.2, 0.25) is 10.0 Å². The van der Waals surface area contributed by atoms with Gasteiger partial charge >= 0.3 is 0 Å². The molecule has 0 aliphatic carbocycles. The number of anilines is 1. The summed E-state index contributed by atoms with van der Waals surface area (Å²) in [4.78, 5) is 3.82. The van der Waals surface area contributed by atoms with Crippen molar-refractivity contribution < 1.29 is 8.42 Å². The third-order valence-electron chi connectivity index (χ3n) is 1.82. The van der Waals surface area contributed by atoms with Gasteiger partial charge in [-0.1, -0.05) is 18.5 Å². The zero-order chi connectivity index (χ0) is 11.5. The number of nitrogens with one attached hydrogen (secondary N) is 1. The lowest BCUT2D eigenvalue weighted by Crippen LogP contribution is -2.16. The average Bonchev–Trinajstić information content (AvgIpc) is 2.09. The number of aryl methyl sites for hydroxylation is 1. The molecule has 1 heterocycles. The van der Waals surface area contributed by atoms with Gasteiger partial charge in [-0.25, -0.2) is 13.4 Å². The minimum absolute atomic E-state index is 0.106. The molecular weight excluding hydrogens is 236 g/mol. The number of nitrogens with zero attached hydrogens (tertiary/aromatic N) is 1. The molecule has 0 radical (unpaired) electrons. The van der Waals surface area contributed by atoms with E-state index in [1.807, 2.05) is 6.92 Å². The Morgan fingerprint density at radius 3 is 2.73 bits per heavy atom. The van der Waals surface area contributed by atoms with Gasteiger partial charge in [0.1, 0.15) is 5.15 Å². The number of hydrogen-bond acceptors (Lipinski definition) is 3. The van der Waals surface area contributed by atoms with Crippen molar-refractivity contribution in [3.05, 3.63) is 23.0 Å². The molecule has 1 aromatic heterocycles. The first-order valence-electron chi connectivity index (χ1n) is 4.57. The van der Waals surface area contributed by atoms with Gasteiger partial charge in [0.25, 0.3) is 0 Å². The van der Waals surface area contributed by atoms with Gasteiger partial charge in [-0.3, -0.25) is 4.72 Å². The average molecular weight is 249 g/mol. The molecule has 0 atom stereocenters. The minimum atomic E-state index is -3.25. The summed E-state index contributed by atoms with van der Waals surface area (Å²) in [5.41, 5.74) is 1.24. The number of aromatic nitrogens is 1. The Morgan fingerprint density at radius 2 is 2.20 bits per heavy atom. The van der Waals surface area contributed by atoms with Crippen molar-refractivity contribution in [3.8, 4) is 0 Å². The fraction of sp³-hybridized carbons (Fsp3) is 0.444. The summed E-state index contributed by atoms with van der Waals surface area (Å²) < 4.78 is 25.4. The maximum atomic E-state index is 11.5. The van der Waals surface area contributed by atoms with E-state index in [1.165, 1.54) is 6.20 Å². The highest BCUT2D eigenvalue weighted by atomic mass is 35.5. The van der Waals surface area contributed by atoms with Crippen LogP contribution in [0.2, 0.25) is 5.15 Å². The number of rotatable bonds is 4. The van der Waals surface area contributed by atoms with Crippen molar-refractivity contribution in [1.29, 1.82) is 0 Å². The third-order valence-corrected chi connectivity index (χ3v) is 3.50. The molecule has 0 saturated heterocycles. The molecule has 0 bridgehead atoms. The van der Waals surface area contributed by atoms with Crippen molar-refractivity contribution >= 4 is 27.3 Å². The van der Waals surface area contributed by atoms with Crippen LogP contribution in [0.4, 0.5) is 5.69 Å². The second-order valence-electron chi connectivity index (χ2n) is 3.24. The Morgan fingerprint density at radius 1 is 1.53 bits per heavy atom. The Labute approximate surface area is 94.7 Å². The van der Waals surface area contributed by atoms with E-state index in [4.69, 9.17) is 11.6 Å². The van der Waals surface area contributed by atoms with Crippen molar-refractivity contribution in [3.63, 3.8) is 0 Å². The predicted molar refractivity (Wildman–Crippen MR) is 61.7 cm³/mol. The third kappa shape index (κ3) is 3.68. The van der Waals surface area contributed by atoms with Crippen LogP contribution in [0.5, 0.6) is 0 Å². The van der Waals surface area contributed by atoms with E-state index in [9.17, 15) is 8.42 Å². The minimum Gasteiger partial charge on any atom is -0.282 e. The molecular formula is C9H13ClN2O2S. The molecule has 0 saturated carbocycles. The van der Waals surface area contributed by atoms with Crippen LogP contribution in [0.15, 0.2) is 12.3 Å². The molecule has 0 aliphatic heterocycles. The van der Waals surface area contributed by atoms with E-state index in [2.05, 4.69) is 9.71 Å². The van der Waals surface area contributed by atoms with Gasteiger partial charge in [0.15, 0.2) is 0 Å². The summed E-state index contributed by atoms with van der Waals surface area (Å²) in [7, 11) is -3.25. The second-order valence-corrected chi connectivity index (χ2v) is 5.47. The molecule has 6 heteroatoms. The van der Waals surface area contributed by atoms with Crippen molar-refractivity contribution in [2.24, 2.45) is 0 Å². The van der Waals surface area contributed by atoms with Crippen LogP contribution in [-0.4, -0.2) is 19.2 Å². The number of sulfonamides is 1. The first kappa shape index (κ1) is 12.3. The number of hydrogen-bond donors (Lipinski definition) is 1. The smallest absolute Gasteiger partial charge is 0.232 e. The monoisotopic (exact) mass is 248 g/mol. The van der Waals surface area contributed by atoms with E-state index in [-0.39, 0.29) is 5.75 Å². The molecule has 1 aromatic rings. The lowest BCUT2D eigenvalue weighted by molar-refractivity contribution is 0.600. The van der Waals surface area contributed by atoms with E-state index in [1.54, 1.807) is 13.0 Å². The van der Waals surface area contributed by atoms with Gasteiger partial charge in [-0.2, -0.15) is 0 Å². The van der Waals surface area contributed by atoms with Crippen LogP contribution in [0.1, 0.15) is 18.9 Å². The Balaban J connectivity index is 2.90. The highest BCUT2D eigenvalue weighted by Crippen LogP contribution is 2.18. The van der Waals surface area contributed by atoms with Gasteiger partial charge in [-0.15, -0.1) is 0 Å². The summed E-state index contributed by atoms with van der Waals surface area (Å²) in [5, 5.41) is 0.353.